The molecule has 0 spiro atoms. The van der Waals surface area contributed by atoms with E-state index in [4.69, 9.17) is 23.7 Å². The summed E-state index contributed by atoms with van der Waals surface area (Å²) in [5, 5.41) is 11.2. The summed E-state index contributed by atoms with van der Waals surface area (Å²) >= 11 is 0. The van der Waals surface area contributed by atoms with E-state index in [1.807, 2.05) is 0 Å². The number of nitro benzene ring substituents is 1. The largest absolute Gasteiger partial charge is 0.496 e. The number of hydrogen-bond acceptors (Lipinski definition) is 9. The van der Waals surface area contributed by atoms with Gasteiger partial charge in [-0.05, 0) is 24.3 Å². The van der Waals surface area contributed by atoms with Gasteiger partial charge >= 0.3 is 11.7 Å². The quantitative estimate of drug-likeness (QED) is 0.294. The smallest absolute Gasteiger partial charge is 0.363 e. The summed E-state index contributed by atoms with van der Waals surface area (Å²) < 4.78 is 26.0. The van der Waals surface area contributed by atoms with Crippen LogP contribution in [0.15, 0.2) is 41.0 Å². The molecule has 0 aromatic heterocycles. The lowest BCUT2D eigenvalue weighted by Crippen LogP contribution is -2.06. The molecule has 1 aliphatic rings. The first-order valence-electron chi connectivity index (χ1n) is 8.57. The van der Waals surface area contributed by atoms with Gasteiger partial charge in [0.05, 0.1) is 33.4 Å². The van der Waals surface area contributed by atoms with E-state index in [0.29, 0.717) is 22.8 Å². The number of nitro groups is 1. The van der Waals surface area contributed by atoms with Gasteiger partial charge in [0.25, 0.3) is 0 Å². The van der Waals surface area contributed by atoms with Crippen LogP contribution in [-0.2, 0) is 9.53 Å². The molecule has 30 heavy (non-hydrogen) atoms. The highest BCUT2D eigenvalue weighted by molar-refractivity contribution is 6.13. The van der Waals surface area contributed by atoms with E-state index in [9.17, 15) is 14.9 Å². The highest BCUT2D eigenvalue weighted by atomic mass is 16.6. The zero-order valence-electron chi connectivity index (χ0n) is 16.6. The second-order valence-electron chi connectivity index (χ2n) is 5.93. The number of rotatable bonds is 7. The van der Waals surface area contributed by atoms with Gasteiger partial charge in [-0.2, -0.15) is 0 Å². The Balaban J connectivity index is 2.03. The normalized spacial score (nSPS) is 14.2. The minimum absolute atomic E-state index is 0.00556. The van der Waals surface area contributed by atoms with Crippen LogP contribution >= 0.6 is 0 Å². The van der Waals surface area contributed by atoms with Crippen molar-refractivity contribution in [2.24, 2.45) is 4.99 Å². The van der Waals surface area contributed by atoms with Crippen molar-refractivity contribution >= 4 is 23.6 Å². The minimum Gasteiger partial charge on any atom is -0.496 e. The molecule has 2 aromatic carbocycles. The summed E-state index contributed by atoms with van der Waals surface area (Å²) in [5.41, 5.74) is 0.494. The topological polar surface area (TPSA) is 119 Å². The minimum atomic E-state index is -0.708. The SMILES string of the molecule is COc1cc(OC)c(OC)cc1/C=C1\N=C(c2ccc(OC)c([N+](=O)[O-])c2)OC1=O. The van der Waals surface area contributed by atoms with E-state index in [0.717, 1.165) is 0 Å². The molecule has 10 heteroatoms. The maximum atomic E-state index is 12.3. The highest BCUT2D eigenvalue weighted by Crippen LogP contribution is 2.36. The molecular weight excluding hydrogens is 396 g/mol. The van der Waals surface area contributed by atoms with E-state index >= 15 is 0 Å². The van der Waals surface area contributed by atoms with Gasteiger partial charge in [0.2, 0.25) is 5.90 Å². The molecule has 0 bridgehead atoms. The molecule has 3 rings (SSSR count). The predicted octanol–water partition coefficient (Wildman–Crippen LogP) is 2.97. The number of nitrogens with zero attached hydrogens (tertiary/aromatic N) is 2. The number of cyclic esters (lactones) is 1. The Morgan fingerprint density at radius 3 is 2.17 bits per heavy atom. The van der Waals surface area contributed by atoms with Gasteiger partial charge in [0.15, 0.2) is 22.9 Å². The van der Waals surface area contributed by atoms with Crippen LogP contribution in [0.5, 0.6) is 23.0 Å². The van der Waals surface area contributed by atoms with E-state index in [1.54, 1.807) is 12.1 Å². The zero-order valence-corrected chi connectivity index (χ0v) is 16.6. The number of ether oxygens (including phenoxy) is 5. The molecule has 0 aliphatic carbocycles. The van der Waals surface area contributed by atoms with Crippen molar-refractivity contribution in [3.63, 3.8) is 0 Å². The Hall–Kier alpha value is -4.08. The maximum Gasteiger partial charge on any atom is 0.363 e. The first-order chi connectivity index (χ1) is 14.4. The van der Waals surface area contributed by atoms with Gasteiger partial charge in [-0.1, -0.05) is 0 Å². The van der Waals surface area contributed by atoms with Crippen molar-refractivity contribution in [3.05, 3.63) is 57.3 Å². The molecule has 0 saturated carbocycles. The van der Waals surface area contributed by atoms with E-state index in [2.05, 4.69) is 4.99 Å². The molecule has 2 aromatic rings. The van der Waals surface area contributed by atoms with Crippen molar-refractivity contribution in [3.8, 4) is 23.0 Å². The number of benzene rings is 2. The second kappa shape index (κ2) is 8.52. The van der Waals surface area contributed by atoms with Crippen molar-refractivity contribution in [2.45, 2.75) is 0 Å². The summed E-state index contributed by atoms with van der Waals surface area (Å²) in [6.07, 6.45) is 1.47. The third-order valence-electron chi connectivity index (χ3n) is 4.27. The molecule has 156 valence electrons. The molecule has 0 atom stereocenters. The molecular formula is C20H18N2O8. The Morgan fingerprint density at radius 2 is 1.57 bits per heavy atom. The van der Waals surface area contributed by atoms with Gasteiger partial charge in [0, 0.05) is 23.3 Å². The summed E-state index contributed by atoms with van der Waals surface area (Å²) in [7, 11) is 5.78. The lowest BCUT2D eigenvalue weighted by Gasteiger charge is -2.12. The fourth-order valence-corrected chi connectivity index (χ4v) is 2.81. The van der Waals surface area contributed by atoms with E-state index in [1.165, 1.54) is 52.7 Å². The van der Waals surface area contributed by atoms with Gasteiger partial charge in [-0.3, -0.25) is 10.1 Å². The average molecular weight is 414 g/mol. The fourth-order valence-electron chi connectivity index (χ4n) is 2.81. The van der Waals surface area contributed by atoms with Crippen LogP contribution < -0.4 is 18.9 Å². The Kier molecular flexibility index (Phi) is 5.86. The standard InChI is InChI=1S/C20H18N2O8/c1-26-15-6-5-11(8-14(15)22(24)25)19-21-13(20(23)30-19)7-12-9-17(28-3)18(29-4)10-16(12)27-2/h5-10H,1-4H3/b13-7-. The summed E-state index contributed by atoms with van der Waals surface area (Å²) in [4.78, 5) is 27.1. The van der Waals surface area contributed by atoms with E-state index in [-0.39, 0.29) is 28.6 Å². The van der Waals surface area contributed by atoms with E-state index < -0.39 is 10.9 Å². The monoisotopic (exact) mass is 414 g/mol. The fraction of sp³-hybridized carbons (Fsp3) is 0.200. The summed E-state index contributed by atoms with van der Waals surface area (Å²) in [6.45, 7) is 0. The molecule has 0 unspecified atom stereocenters. The number of carbonyl (C=O) groups excluding carboxylic acids is 1. The maximum absolute atomic E-state index is 12.3. The van der Waals surface area contributed by atoms with Crippen LogP contribution in [0.1, 0.15) is 11.1 Å². The first kappa shape index (κ1) is 20.6. The van der Waals surface area contributed by atoms with Crippen LogP contribution in [0.2, 0.25) is 0 Å². The lowest BCUT2D eigenvalue weighted by atomic mass is 10.1. The number of hydrogen-bond donors (Lipinski definition) is 0. The molecule has 0 saturated heterocycles. The highest BCUT2D eigenvalue weighted by Gasteiger charge is 2.27. The van der Waals surface area contributed by atoms with Crippen LogP contribution in [-0.4, -0.2) is 45.2 Å². The molecule has 1 aliphatic heterocycles. The first-order valence-corrected chi connectivity index (χ1v) is 8.57. The van der Waals surface area contributed by atoms with Crippen molar-refractivity contribution < 1.29 is 33.4 Å². The molecule has 0 fully saturated rings. The second-order valence-corrected chi connectivity index (χ2v) is 5.93. The number of aliphatic imine (C=N–C) groups is 1. The molecule has 0 radical (unpaired) electrons. The molecule has 0 N–H and O–H groups in total. The van der Waals surface area contributed by atoms with Gasteiger partial charge < -0.3 is 23.7 Å². The number of carbonyl (C=O) groups is 1. The zero-order chi connectivity index (χ0) is 21.8. The Labute approximate surface area is 171 Å². The third kappa shape index (κ3) is 3.88. The van der Waals surface area contributed by atoms with Crippen molar-refractivity contribution in [2.75, 3.05) is 28.4 Å². The molecule has 10 nitrogen and oxygen atoms in total. The van der Waals surface area contributed by atoms with Gasteiger partial charge in [-0.25, -0.2) is 9.79 Å². The van der Waals surface area contributed by atoms with Crippen LogP contribution in [0, 0.1) is 10.1 Å². The molecule has 0 amide bonds. The molecule has 1 heterocycles. The number of methoxy groups -OCH3 is 4. The Morgan fingerprint density at radius 1 is 0.933 bits per heavy atom. The summed E-state index contributed by atoms with van der Waals surface area (Å²) in [5.74, 6) is 0.639. The Bertz CT molecular complexity index is 1070. The van der Waals surface area contributed by atoms with Gasteiger partial charge in [0.1, 0.15) is 5.75 Å². The van der Waals surface area contributed by atoms with Crippen LogP contribution in [0.25, 0.3) is 6.08 Å². The van der Waals surface area contributed by atoms with Gasteiger partial charge in [-0.15, -0.1) is 0 Å². The van der Waals surface area contributed by atoms with Crippen LogP contribution in [0.3, 0.4) is 0 Å². The van der Waals surface area contributed by atoms with Crippen LogP contribution in [0.4, 0.5) is 5.69 Å². The third-order valence-corrected chi connectivity index (χ3v) is 4.27. The predicted molar refractivity (Wildman–Crippen MR) is 106 cm³/mol. The van der Waals surface area contributed by atoms with Crippen molar-refractivity contribution in [1.29, 1.82) is 0 Å². The lowest BCUT2D eigenvalue weighted by molar-refractivity contribution is -0.385. The average Bonchev–Trinajstić information content (AvgIpc) is 3.12. The summed E-state index contributed by atoms with van der Waals surface area (Å²) in [6, 6.07) is 7.39. The van der Waals surface area contributed by atoms with Crippen molar-refractivity contribution in [1.82, 2.24) is 0 Å². The number of esters is 1.